The Hall–Kier alpha value is -2.54. The molecule has 0 unspecified atom stereocenters. The summed E-state index contributed by atoms with van der Waals surface area (Å²) in [5.74, 6) is -1.11. The molecule has 0 bridgehead atoms. The summed E-state index contributed by atoms with van der Waals surface area (Å²) in [6.07, 6.45) is -4.50. The third kappa shape index (κ3) is 4.48. The average molecular weight is 339 g/mol. The second kappa shape index (κ2) is 7.35. The number of carboxylic acid groups (broad SMARTS) is 1. The van der Waals surface area contributed by atoms with Crippen LogP contribution in [0, 0.1) is 0 Å². The van der Waals surface area contributed by atoms with Gasteiger partial charge in [0.15, 0.2) is 6.61 Å². The molecule has 2 rings (SSSR count). The maximum atomic E-state index is 13.0. The van der Waals surface area contributed by atoms with E-state index < -0.39 is 24.3 Å². The minimum absolute atomic E-state index is 0.0898. The van der Waals surface area contributed by atoms with Crippen molar-refractivity contribution in [1.82, 2.24) is 5.32 Å². The molecule has 2 aromatic rings. The van der Waals surface area contributed by atoms with Gasteiger partial charge in [0.25, 0.3) is 0 Å². The first kappa shape index (κ1) is 17.8. The molecule has 128 valence electrons. The molecule has 0 saturated heterocycles. The van der Waals surface area contributed by atoms with E-state index in [0.717, 1.165) is 23.8 Å². The number of carbonyl (C=O) groups is 1. The number of benzene rings is 2. The van der Waals surface area contributed by atoms with Crippen molar-refractivity contribution in [2.75, 3.05) is 13.7 Å². The molecule has 0 heterocycles. The number of hydrogen-bond acceptors (Lipinski definition) is 3. The van der Waals surface area contributed by atoms with Crippen LogP contribution in [0.5, 0.6) is 5.75 Å². The summed E-state index contributed by atoms with van der Waals surface area (Å²) >= 11 is 0. The summed E-state index contributed by atoms with van der Waals surface area (Å²) in [6, 6.07) is 9.94. The highest BCUT2D eigenvalue weighted by molar-refractivity contribution is 5.73. The van der Waals surface area contributed by atoms with Crippen molar-refractivity contribution in [3.05, 3.63) is 53.6 Å². The number of rotatable bonds is 6. The molecule has 2 N–H and O–H groups in total. The van der Waals surface area contributed by atoms with Gasteiger partial charge in [0.1, 0.15) is 5.75 Å². The summed E-state index contributed by atoms with van der Waals surface area (Å²) in [4.78, 5) is 10.7. The van der Waals surface area contributed by atoms with Crippen molar-refractivity contribution >= 4 is 5.97 Å². The number of hydrogen-bond donors (Lipinski definition) is 2. The molecule has 0 saturated carbocycles. The Morgan fingerprint density at radius 1 is 1.21 bits per heavy atom. The summed E-state index contributed by atoms with van der Waals surface area (Å²) in [5.41, 5.74) is 0.786. The van der Waals surface area contributed by atoms with Crippen molar-refractivity contribution < 1.29 is 27.8 Å². The lowest BCUT2D eigenvalue weighted by molar-refractivity contribution is -0.140. The lowest BCUT2D eigenvalue weighted by Gasteiger charge is -2.15. The molecule has 2 aromatic carbocycles. The van der Waals surface area contributed by atoms with Crippen LogP contribution in [0.1, 0.15) is 11.1 Å². The third-order valence-electron chi connectivity index (χ3n) is 3.28. The van der Waals surface area contributed by atoms with E-state index in [1.807, 2.05) is 6.07 Å². The molecule has 0 radical (unpaired) electrons. The average Bonchev–Trinajstić information content (AvgIpc) is 2.52. The highest BCUT2D eigenvalue weighted by Crippen LogP contribution is 2.37. The van der Waals surface area contributed by atoms with Crippen LogP contribution < -0.4 is 10.1 Å². The van der Waals surface area contributed by atoms with Gasteiger partial charge in [-0.25, -0.2) is 4.79 Å². The molecule has 0 amide bonds. The van der Waals surface area contributed by atoms with Crippen molar-refractivity contribution in [2.45, 2.75) is 12.7 Å². The maximum absolute atomic E-state index is 13.0. The van der Waals surface area contributed by atoms with Gasteiger partial charge in [-0.05, 0) is 42.4 Å². The molecular formula is C17H16F3NO3. The molecule has 0 atom stereocenters. The normalized spacial score (nSPS) is 11.3. The molecule has 0 aliphatic carbocycles. The van der Waals surface area contributed by atoms with Crippen LogP contribution in [0.15, 0.2) is 42.5 Å². The Bertz CT molecular complexity index is 729. The molecule has 0 fully saturated rings. The van der Waals surface area contributed by atoms with Crippen LogP contribution in [-0.4, -0.2) is 24.7 Å². The van der Waals surface area contributed by atoms with Crippen LogP contribution in [0.2, 0.25) is 0 Å². The fraction of sp³-hybridized carbons (Fsp3) is 0.235. The predicted molar refractivity (Wildman–Crippen MR) is 82.8 cm³/mol. The Kier molecular flexibility index (Phi) is 5.46. The van der Waals surface area contributed by atoms with E-state index in [1.165, 1.54) is 0 Å². The second-order valence-electron chi connectivity index (χ2n) is 5.12. The van der Waals surface area contributed by atoms with Gasteiger partial charge >= 0.3 is 12.1 Å². The van der Waals surface area contributed by atoms with Gasteiger partial charge in [-0.3, -0.25) is 0 Å². The molecule has 4 nitrogen and oxygen atoms in total. The Morgan fingerprint density at radius 3 is 2.58 bits per heavy atom. The topological polar surface area (TPSA) is 58.6 Å². The standard InChI is InChI=1S/C17H16F3NO3/c1-21-9-11-3-2-4-12(7-11)14-8-13(17(18,19)20)5-6-15(14)24-10-16(22)23/h2-8,21H,9-10H2,1H3,(H,22,23). The minimum atomic E-state index is -4.50. The zero-order valence-electron chi connectivity index (χ0n) is 12.9. The predicted octanol–water partition coefficient (Wildman–Crippen LogP) is 3.56. The van der Waals surface area contributed by atoms with E-state index in [1.54, 1.807) is 25.2 Å². The van der Waals surface area contributed by atoms with Crippen LogP contribution in [0.3, 0.4) is 0 Å². The molecule has 0 aliphatic rings. The lowest BCUT2D eigenvalue weighted by Crippen LogP contribution is -2.11. The highest BCUT2D eigenvalue weighted by atomic mass is 19.4. The number of ether oxygens (including phenoxy) is 1. The van der Waals surface area contributed by atoms with Crippen LogP contribution in [0.4, 0.5) is 13.2 Å². The van der Waals surface area contributed by atoms with Crippen LogP contribution >= 0.6 is 0 Å². The van der Waals surface area contributed by atoms with E-state index in [9.17, 15) is 18.0 Å². The molecule has 0 aromatic heterocycles. The fourth-order valence-electron chi connectivity index (χ4n) is 2.25. The van der Waals surface area contributed by atoms with E-state index in [4.69, 9.17) is 9.84 Å². The summed E-state index contributed by atoms with van der Waals surface area (Å²) in [7, 11) is 1.76. The van der Waals surface area contributed by atoms with Crippen molar-refractivity contribution in [3.63, 3.8) is 0 Å². The van der Waals surface area contributed by atoms with E-state index in [0.29, 0.717) is 12.1 Å². The number of alkyl halides is 3. The summed E-state index contributed by atoms with van der Waals surface area (Å²) in [6.45, 7) is -0.0767. The summed E-state index contributed by atoms with van der Waals surface area (Å²) < 4.78 is 44.1. The van der Waals surface area contributed by atoms with Crippen LogP contribution in [0.25, 0.3) is 11.1 Å². The lowest BCUT2D eigenvalue weighted by atomic mass is 9.99. The van der Waals surface area contributed by atoms with Gasteiger partial charge < -0.3 is 15.2 Å². The SMILES string of the molecule is CNCc1cccc(-c2cc(C(F)(F)F)ccc2OCC(=O)O)c1. The largest absolute Gasteiger partial charge is 0.481 e. The zero-order chi connectivity index (χ0) is 17.7. The number of halogens is 3. The van der Waals surface area contributed by atoms with Crippen molar-refractivity contribution in [2.24, 2.45) is 0 Å². The van der Waals surface area contributed by atoms with Crippen LogP contribution in [-0.2, 0) is 17.5 Å². The van der Waals surface area contributed by atoms with Gasteiger partial charge in [0.2, 0.25) is 0 Å². The van der Waals surface area contributed by atoms with Gasteiger partial charge in [0, 0.05) is 12.1 Å². The molecule has 7 heteroatoms. The maximum Gasteiger partial charge on any atom is 0.416 e. The smallest absolute Gasteiger partial charge is 0.416 e. The summed E-state index contributed by atoms with van der Waals surface area (Å²) in [5, 5.41) is 11.7. The number of aliphatic carboxylic acids is 1. The number of carboxylic acids is 1. The van der Waals surface area contributed by atoms with Gasteiger partial charge in [-0.15, -0.1) is 0 Å². The van der Waals surface area contributed by atoms with E-state index >= 15 is 0 Å². The molecule has 24 heavy (non-hydrogen) atoms. The first-order chi connectivity index (χ1) is 11.3. The van der Waals surface area contributed by atoms with Gasteiger partial charge in [0.05, 0.1) is 5.56 Å². The first-order valence-electron chi connectivity index (χ1n) is 7.11. The highest BCUT2D eigenvalue weighted by Gasteiger charge is 2.31. The van der Waals surface area contributed by atoms with E-state index in [-0.39, 0.29) is 11.3 Å². The molecular weight excluding hydrogens is 323 g/mol. The second-order valence-corrected chi connectivity index (χ2v) is 5.12. The molecule has 0 aliphatic heterocycles. The zero-order valence-corrected chi connectivity index (χ0v) is 12.9. The number of nitrogens with one attached hydrogen (secondary N) is 1. The van der Waals surface area contributed by atoms with Crippen molar-refractivity contribution in [3.8, 4) is 16.9 Å². The fourth-order valence-corrected chi connectivity index (χ4v) is 2.25. The Morgan fingerprint density at radius 2 is 1.96 bits per heavy atom. The van der Waals surface area contributed by atoms with Gasteiger partial charge in [-0.1, -0.05) is 18.2 Å². The third-order valence-corrected chi connectivity index (χ3v) is 3.28. The van der Waals surface area contributed by atoms with Crippen molar-refractivity contribution in [1.29, 1.82) is 0 Å². The monoisotopic (exact) mass is 339 g/mol. The Labute approximate surface area is 136 Å². The first-order valence-corrected chi connectivity index (χ1v) is 7.11. The van der Waals surface area contributed by atoms with E-state index in [2.05, 4.69) is 5.32 Å². The van der Waals surface area contributed by atoms with Gasteiger partial charge in [-0.2, -0.15) is 13.2 Å². The minimum Gasteiger partial charge on any atom is -0.481 e. The molecule has 0 spiro atoms. The quantitative estimate of drug-likeness (QED) is 0.845. The Balaban J connectivity index is 2.50.